The second kappa shape index (κ2) is 11.1. The molecule has 7 heteroatoms. The molecule has 164 valence electrons. The molecule has 0 radical (unpaired) electrons. The van der Waals surface area contributed by atoms with Crippen molar-refractivity contribution in [3.63, 3.8) is 0 Å². The van der Waals surface area contributed by atoms with Gasteiger partial charge in [-0.3, -0.25) is 14.6 Å². The Morgan fingerprint density at radius 1 is 1.09 bits per heavy atom. The third kappa shape index (κ3) is 6.43. The van der Waals surface area contributed by atoms with E-state index in [9.17, 15) is 9.59 Å². The average Bonchev–Trinajstić information content (AvgIpc) is 2.79. The van der Waals surface area contributed by atoms with E-state index in [4.69, 9.17) is 21.1 Å². The summed E-state index contributed by atoms with van der Waals surface area (Å²) >= 11 is 6.42. The molecule has 1 N–H and O–H groups in total. The maximum Gasteiger partial charge on any atom is 0.248 e. The van der Waals surface area contributed by atoms with Gasteiger partial charge < -0.3 is 14.8 Å². The molecule has 0 spiro atoms. The number of nitrogens with one attached hydrogen (secondary N) is 1. The Morgan fingerprint density at radius 3 is 2.59 bits per heavy atom. The van der Waals surface area contributed by atoms with Gasteiger partial charge in [-0.05, 0) is 60.5 Å². The number of hydrogen-bond acceptors (Lipinski definition) is 5. The first-order valence-electron chi connectivity index (χ1n) is 9.92. The Bertz CT molecular complexity index is 1130. The number of carbonyl (C=O) groups excluding carboxylic acids is 2. The number of ether oxygens (including phenoxy) is 2. The van der Waals surface area contributed by atoms with Crippen LogP contribution in [0.15, 0.2) is 67.0 Å². The second-order valence-corrected chi connectivity index (χ2v) is 7.41. The van der Waals surface area contributed by atoms with Crippen molar-refractivity contribution >= 4 is 35.1 Å². The van der Waals surface area contributed by atoms with Crippen LogP contribution < -0.4 is 14.8 Å². The molecule has 0 fully saturated rings. The van der Waals surface area contributed by atoms with Crippen LogP contribution in [0.1, 0.15) is 23.6 Å². The number of hydrogen-bond donors (Lipinski definition) is 1. The average molecular weight is 451 g/mol. The minimum atomic E-state index is -0.345. The minimum absolute atomic E-state index is 0.0304. The number of amides is 1. The summed E-state index contributed by atoms with van der Waals surface area (Å²) in [5.41, 5.74) is 2.94. The van der Waals surface area contributed by atoms with Crippen molar-refractivity contribution in [3.8, 4) is 11.5 Å². The Hall–Kier alpha value is -3.64. The van der Waals surface area contributed by atoms with E-state index in [-0.39, 0.29) is 18.1 Å². The summed E-state index contributed by atoms with van der Waals surface area (Å²) in [7, 11) is 1.56. The largest absolute Gasteiger partial charge is 0.496 e. The van der Waals surface area contributed by atoms with E-state index < -0.39 is 0 Å². The minimum Gasteiger partial charge on any atom is -0.496 e. The Kier molecular flexibility index (Phi) is 8.00. The molecule has 32 heavy (non-hydrogen) atoms. The third-order valence-electron chi connectivity index (χ3n) is 4.54. The van der Waals surface area contributed by atoms with Gasteiger partial charge in [0, 0.05) is 30.5 Å². The molecule has 1 aromatic heterocycles. The fourth-order valence-corrected chi connectivity index (χ4v) is 3.24. The highest BCUT2D eigenvalue weighted by Gasteiger charge is 2.10. The van der Waals surface area contributed by atoms with Crippen LogP contribution in [0, 0.1) is 0 Å². The van der Waals surface area contributed by atoms with Gasteiger partial charge in [0.25, 0.3) is 0 Å². The molecule has 3 rings (SSSR count). The van der Waals surface area contributed by atoms with E-state index in [1.54, 1.807) is 49.8 Å². The molecule has 0 saturated carbocycles. The summed E-state index contributed by atoms with van der Waals surface area (Å²) < 4.78 is 11.1. The summed E-state index contributed by atoms with van der Waals surface area (Å²) in [6.45, 7) is 1.85. The van der Waals surface area contributed by atoms with Crippen molar-refractivity contribution in [2.24, 2.45) is 0 Å². The Labute approximate surface area is 191 Å². The number of aromatic nitrogens is 1. The molecular formula is C25H23ClN2O4. The molecule has 0 aliphatic rings. The standard InChI is InChI=1S/C25H23ClN2O4/c1-17(29)14-20-15-18(6-8-22(20)31-2)7-9-24(30)28-21-4-3-5-23(25(21)26)32-16-19-10-12-27-13-11-19/h3-13,15H,14,16H2,1-2H3,(H,28,30). The molecule has 1 amide bonds. The second-order valence-electron chi connectivity index (χ2n) is 7.03. The SMILES string of the molecule is COc1ccc(C=CC(=O)Nc2cccc(OCc3ccncc3)c2Cl)cc1CC(C)=O. The van der Waals surface area contributed by atoms with E-state index in [1.165, 1.54) is 13.0 Å². The van der Waals surface area contributed by atoms with Crippen LogP contribution in [0.25, 0.3) is 6.08 Å². The number of halogens is 1. The molecule has 0 aliphatic carbocycles. The van der Waals surface area contributed by atoms with Gasteiger partial charge in [0.05, 0.1) is 12.8 Å². The molecule has 0 unspecified atom stereocenters. The zero-order valence-corrected chi connectivity index (χ0v) is 18.6. The first-order chi connectivity index (χ1) is 15.5. The topological polar surface area (TPSA) is 77.5 Å². The van der Waals surface area contributed by atoms with Crippen molar-refractivity contribution in [1.82, 2.24) is 4.98 Å². The lowest BCUT2D eigenvalue weighted by Gasteiger charge is -2.11. The maximum absolute atomic E-state index is 12.4. The monoisotopic (exact) mass is 450 g/mol. The Balaban J connectivity index is 1.67. The van der Waals surface area contributed by atoms with Crippen molar-refractivity contribution in [2.45, 2.75) is 20.0 Å². The molecule has 0 saturated heterocycles. The summed E-state index contributed by atoms with van der Waals surface area (Å²) in [5, 5.41) is 3.08. The summed E-state index contributed by atoms with van der Waals surface area (Å²) in [5.74, 6) is 0.788. The smallest absolute Gasteiger partial charge is 0.248 e. The third-order valence-corrected chi connectivity index (χ3v) is 4.93. The number of anilines is 1. The van der Waals surface area contributed by atoms with Gasteiger partial charge >= 0.3 is 0 Å². The van der Waals surface area contributed by atoms with Crippen molar-refractivity contribution < 1.29 is 19.1 Å². The molecule has 6 nitrogen and oxygen atoms in total. The highest BCUT2D eigenvalue weighted by Crippen LogP contribution is 2.32. The van der Waals surface area contributed by atoms with Crippen LogP contribution in [0.4, 0.5) is 5.69 Å². The van der Waals surface area contributed by atoms with E-state index in [0.29, 0.717) is 28.8 Å². The number of Topliss-reactive ketones (excluding diaryl/α,β-unsaturated/α-hetero) is 1. The van der Waals surface area contributed by atoms with Crippen LogP contribution in [-0.4, -0.2) is 23.8 Å². The molecule has 3 aromatic rings. The number of ketones is 1. The van der Waals surface area contributed by atoms with E-state index in [2.05, 4.69) is 10.3 Å². The van der Waals surface area contributed by atoms with E-state index in [0.717, 1.165) is 16.7 Å². The lowest BCUT2D eigenvalue weighted by atomic mass is 10.0. The number of pyridine rings is 1. The van der Waals surface area contributed by atoms with Crippen LogP contribution in [0.5, 0.6) is 11.5 Å². The van der Waals surface area contributed by atoms with Gasteiger partial charge in [-0.2, -0.15) is 0 Å². The first kappa shape index (κ1) is 23.0. The molecule has 0 atom stereocenters. The summed E-state index contributed by atoms with van der Waals surface area (Å²) in [6.07, 6.45) is 6.71. The number of methoxy groups -OCH3 is 1. The summed E-state index contributed by atoms with van der Waals surface area (Å²) in [6, 6.07) is 14.3. The molecule has 0 aliphatic heterocycles. The number of benzene rings is 2. The predicted molar refractivity (Wildman–Crippen MR) is 125 cm³/mol. The Morgan fingerprint density at radius 2 is 1.88 bits per heavy atom. The van der Waals surface area contributed by atoms with E-state index in [1.807, 2.05) is 24.3 Å². The maximum atomic E-state index is 12.4. The van der Waals surface area contributed by atoms with Crippen LogP contribution >= 0.6 is 11.6 Å². The van der Waals surface area contributed by atoms with Gasteiger partial charge in [-0.15, -0.1) is 0 Å². The normalized spacial score (nSPS) is 10.7. The summed E-state index contributed by atoms with van der Waals surface area (Å²) in [4.78, 5) is 27.9. The fourth-order valence-electron chi connectivity index (χ4n) is 3.01. The van der Waals surface area contributed by atoms with Gasteiger partial charge in [-0.1, -0.05) is 23.7 Å². The number of carbonyl (C=O) groups is 2. The number of rotatable bonds is 9. The van der Waals surface area contributed by atoms with Gasteiger partial charge in [0.15, 0.2) is 0 Å². The lowest BCUT2D eigenvalue weighted by Crippen LogP contribution is -2.08. The highest BCUT2D eigenvalue weighted by atomic mass is 35.5. The first-order valence-corrected chi connectivity index (χ1v) is 10.3. The van der Waals surface area contributed by atoms with Crippen molar-refractivity contribution in [3.05, 3.63) is 88.7 Å². The van der Waals surface area contributed by atoms with Gasteiger partial charge in [-0.25, -0.2) is 0 Å². The quantitative estimate of drug-likeness (QED) is 0.458. The van der Waals surface area contributed by atoms with Crippen molar-refractivity contribution in [2.75, 3.05) is 12.4 Å². The number of nitrogens with zero attached hydrogens (tertiary/aromatic N) is 1. The molecular weight excluding hydrogens is 428 g/mol. The van der Waals surface area contributed by atoms with Gasteiger partial charge in [0.2, 0.25) is 5.91 Å². The molecule has 2 aromatic carbocycles. The zero-order valence-electron chi connectivity index (χ0n) is 17.8. The van der Waals surface area contributed by atoms with Crippen molar-refractivity contribution in [1.29, 1.82) is 0 Å². The molecule has 1 heterocycles. The fraction of sp³-hybridized carbons (Fsp3) is 0.160. The zero-order chi connectivity index (χ0) is 22.9. The predicted octanol–water partition coefficient (Wildman–Crippen LogP) is 5.11. The molecule has 0 bridgehead atoms. The highest BCUT2D eigenvalue weighted by molar-refractivity contribution is 6.35. The van der Waals surface area contributed by atoms with Crippen LogP contribution in [0.3, 0.4) is 0 Å². The lowest BCUT2D eigenvalue weighted by molar-refractivity contribution is -0.116. The van der Waals surface area contributed by atoms with Crippen LogP contribution in [0.2, 0.25) is 5.02 Å². The van der Waals surface area contributed by atoms with E-state index >= 15 is 0 Å². The van der Waals surface area contributed by atoms with Crippen LogP contribution in [-0.2, 0) is 22.6 Å². The van der Waals surface area contributed by atoms with Gasteiger partial charge in [0.1, 0.15) is 28.9 Å².